The van der Waals surface area contributed by atoms with Gasteiger partial charge in [-0.15, -0.1) is 12.4 Å². The molecule has 0 aromatic heterocycles. The molecule has 0 bridgehead atoms. The first-order valence-electron chi connectivity index (χ1n) is 3.25. The summed E-state index contributed by atoms with van der Waals surface area (Å²) < 4.78 is 0. The van der Waals surface area contributed by atoms with Crippen LogP contribution in [0.4, 0.5) is 0 Å². The van der Waals surface area contributed by atoms with E-state index in [0.29, 0.717) is 6.54 Å². The average molecular weight is 165 g/mol. The number of carbonyl (C=O) groups is 1. The number of hydrogen-bond donors (Lipinski definition) is 1. The van der Waals surface area contributed by atoms with Crippen LogP contribution in [0.5, 0.6) is 0 Å². The van der Waals surface area contributed by atoms with Crippen molar-refractivity contribution in [1.29, 1.82) is 0 Å². The van der Waals surface area contributed by atoms with E-state index in [2.05, 4.69) is 5.32 Å². The van der Waals surface area contributed by atoms with E-state index in [1.54, 1.807) is 4.90 Å². The van der Waals surface area contributed by atoms with Crippen molar-refractivity contribution >= 4 is 18.3 Å². The molecular formula is C6H13ClN2O. The van der Waals surface area contributed by atoms with Crippen molar-refractivity contribution in [3.8, 4) is 0 Å². The van der Waals surface area contributed by atoms with E-state index in [-0.39, 0.29) is 18.3 Å². The fourth-order valence-corrected chi connectivity index (χ4v) is 0.896. The van der Waals surface area contributed by atoms with Gasteiger partial charge >= 0.3 is 0 Å². The van der Waals surface area contributed by atoms with Crippen LogP contribution < -0.4 is 5.32 Å². The Kier molecular flexibility index (Phi) is 4.40. The van der Waals surface area contributed by atoms with Gasteiger partial charge in [-0.1, -0.05) is 0 Å². The number of rotatable bonds is 0. The normalized spacial score (nSPS) is 19.7. The molecule has 3 nitrogen and oxygen atoms in total. The number of nitrogens with zero attached hydrogens (tertiary/aromatic N) is 1. The Morgan fingerprint density at radius 1 is 1.60 bits per heavy atom. The standard InChI is InChI=1S/C6H12N2O.ClH/c1-8-4-2-3-7-5-6(8)9;/h7H,2-5H2,1H3;1H. The molecule has 0 spiro atoms. The lowest BCUT2D eigenvalue weighted by atomic mass is 10.4. The third kappa shape index (κ3) is 2.54. The number of halogens is 1. The summed E-state index contributed by atoms with van der Waals surface area (Å²) in [4.78, 5) is 12.6. The van der Waals surface area contributed by atoms with Gasteiger partial charge in [0.2, 0.25) is 5.91 Å². The van der Waals surface area contributed by atoms with E-state index >= 15 is 0 Å². The largest absolute Gasteiger partial charge is 0.345 e. The van der Waals surface area contributed by atoms with Crippen molar-refractivity contribution in [2.24, 2.45) is 0 Å². The first-order chi connectivity index (χ1) is 4.30. The zero-order valence-corrected chi connectivity index (χ0v) is 6.91. The molecule has 0 saturated carbocycles. The van der Waals surface area contributed by atoms with Gasteiger partial charge in [0.1, 0.15) is 0 Å². The van der Waals surface area contributed by atoms with Crippen LogP contribution in [-0.2, 0) is 4.79 Å². The number of likely N-dealkylation sites (N-methyl/N-ethyl adjacent to an activating group) is 1. The molecule has 1 saturated heterocycles. The van der Waals surface area contributed by atoms with Crippen LogP contribution >= 0.6 is 12.4 Å². The average Bonchev–Trinajstić information content (AvgIpc) is 1.99. The van der Waals surface area contributed by atoms with E-state index in [4.69, 9.17) is 0 Å². The molecule has 10 heavy (non-hydrogen) atoms. The van der Waals surface area contributed by atoms with E-state index in [1.807, 2.05) is 7.05 Å². The van der Waals surface area contributed by atoms with Crippen LogP contribution in [-0.4, -0.2) is 37.5 Å². The van der Waals surface area contributed by atoms with Crippen molar-refractivity contribution in [2.75, 3.05) is 26.7 Å². The second-order valence-corrected chi connectivity index (χ2v) is 2.35. The van der Waals surface area contributed by atoms with Gasteiger partial charge in [0.05, 0.1) is 6.54 Å². The first kappa shape index (κ1) is 9.72. The molecule has 1 heterocycles. The monoisotopic (exact) mass is 164 g/mol. The highest BCUT2D eigenvalue weighted by molar-refractivity contribution is 5.85. The van der Waals surface area contributed by atoms with Crippen LogP contribution in [0.1, 0.15) is 6.42 Å². The lowest BCUT2D eigenvalue weighted by Gasteiger charge is -2.11. The Morgan fingerprint density at radius 3 is 3.00 bits per heavy atom. The second kappa shape index (κ2) is 4.52. The predicted molar refractivity (Wildman–Crippen MR) is 42.4 cm³/mol. The molecule has 1 N–H and O–H groups in total. The van der Waals surface area contributed by atoms with Gasteiger partial charge in [-0.25, -0.2) is 0 Å². The maximum Gasteiger partial charge on any atom is 0.236 e. The lowest BCUT2D eigenvalue weighted by Crippen LogP contribution is -2.31. The Labute approximate surface area is 67.2 Å². The highest BCUT2D eigenvalue weighted by Crippen LogP contribution is 1.90. The maximum atomic E-state index is 10.9. The summed E-state index contributed by atoms with van der Waals surface area (Å²) in [5.41, 5.74) is 0. The number of hydrogen-bond acceptors (Lipinski definition) is 2. The molecule has 60 valence electrons. The lowest BCUT2D eigenvalue weighted by molar-refractivity contribution is -0.128. The first-order valence-corrected chi connectivity index (χ1v) is 3.25. The fourth-order valence-electron chi connectivity index (χ4n) is 0.896. The minimum absolute atomic E-state index is 0. The predicted octanol–water partition coefficient (Wildman–Crippen LogP) is -0.140. The number of carbonyl (C=O) groups excluding carboxylic acids is 1. The van der Waals surface area contributed by atoms with Crippen LogP contribution in [0, 0.1) is 0 Å². The highest BCUT2D eigenvalue weighted by Gasteiger charge is 2.10. The van der Waals surface area contributed by atoms with Gasteiger partial charge in [0, 0.05) is 13.6 Å². The SMILES string of the molecule is CN1CCCNCC1=O.Cl. The molecule has 1 rings (SSSR count). The summed E-state index contributed by atoms with van der Waals surface area (Å²) in [5.74, 6) is 0.201. The topological polar surface area (TPSA) is 32.3 Å². The van der Waals surface area contributed by atoms with Crippen molar-refractivity contribution in [2.45, 2.75) is 6.42 Å². The quantitative estimate of drug-likeness (QED) is 0.541. The van der Waals surface area contributed by atoms with E-state index in [0.717, 1.165) is 19.5 Å². The van der Waals surface area contributed by atoms with Crippen molar-refractivity contribution in [1.82, 2.24) is 10.2 Å². The van der Waals surface area contributed by atoms with Gasteiger partial charge < -0.3 is 10.2 Å². The summed E-state index contributed by atoms with van der Waals surface area (Å²) >= 11 is 0. The molecule has 1 aliphatic heterocycles. The molecule has 0 atom stereocenters. The third-order valence-corrected chi connectivity index (χ3v) is 1.55. The van der Waals surface area contributed by atoms with Crippen LogP contribution in [0.3, 0.4) is 0 Å². The van der Waals surface area contributed by atoms with Crippen molar-refractivity contribution in [3.05, 3.63) is 0 Å². The molecule has 4 heteroatoms. The molecule has 0 unspecified atom stereocenters. The summed E-state index contributed by atoms with van der Waals surface area (Å²) in [6.07, 6.45) is 1.07. The van der Waals surface area contributed by atoms with Crippen LogP contribution in [0.2, 0.25) is 0 Å². The molecule has 0 aromatic rings. The molecule has 1 amide bonds. The molecule has 1 fully saturated rings. The van der Waals surface area contributed by atoms with E-state index in [9.17, 15) is 4.79 Å². The Morgan fingerprint density at radius 2 is 2.30 bits per heavy atom. The summed E-state index contributed by atoms with van der Waals surface area (Å²) in [6, 6.07) is 0. The second-order valence-electron chi connectivity index (χ2n) is 2.35. The third-order valence-electron chi connectivity index (χ3n) is 1.55. The van der Waals surface area contributed by atoms with E-state index < -0.39 is 0 Å². The Hall–Kier alpha value is -0.280. The number of amides is 1. The maximum absolute atomic E-state index is 10.9. The van der Waals surface area contributed by atoms with Gasteiger partial charge in [0.15, 0.2) is 0 Å². The molecule has 0 aliphatic carbocycles. The summed E-state index contributed by atoms with van der Waals surface area (Å²) in [5, 5.41) is 3.04. The van der Waals surface area contributed by atoms with Crippen molar-refractivity contribution in [3.63, 3.8) is 0 Å². The Balaban J connectivity index is 0.000000810. The molecule has 0 radical (unpaired) electrons. The zero-order chi connectivity index (χ0) is 6.69. The van der Waals surface area contributed by atoms with Gasteiger partial charge in [-0.3, -0.25) is 4.79 Å². The summed E-state index contributed by atoms with van der Waals surface area (Å²) in [6.45, 7) is 2.37. The number of nitrogens with one attached hydrogen (secondary N) is 1. The summed E-state index contributed by atoms with van der Waals surface area (Å²) in [7, 11) is 1.84. The molecule has 0 aromatic carbocycles. The zero-order valence-electron chi connectivity index (χ0n) is 6.09. The molecule has 1 aliphatic rings. The minimum atomic E-state index is 0. The fraction of sp³-hybridized carbons (Fsp3) is 0.833. The smallest absolute Gasteiger partial charge is 0.236 e. The van der Waals surface area contributed by atoms with E-state index in [1.165, 1.54) is 0 Å². The van der Waals surface area contributed by atoms with Crippen LogP contribution in [0.15, 0.2) is 0 Å². The Bertz CT molecular complexity index is 118. The van der Waals surface area contributed by atoms with Crippen LogP contribution in [0.25, 0.3) is 0 Å². The van der Waals surface area contributed by atoms with Gasteiger partial charge in [0.25, 0.3) is 0 Å². The molecular weight excluding hydrogens is 152 g/mol. The minimum Gasteiger partial charge on any atom is -0.345 e. The van der Waals surface area contributed by atoms with Gasteiger partial charge in [-0.05, 0) is 13.0 Å². The van der Waals surface area contributed by atoms with Gasteiger partial charge in [-0.2, -0.15) is 0 Å². The highest BCUT2D eigenvalue weighted by atomic mass is 35.5. The van der Waals surface area contributed by atoms with Crippen molar-refractivity contribution < 1.29 is 4.79 Å².